The highest BCUT2D eigenvalue weighted by atomic mass is 16.5. The highest BCUT2D eigenvalue weighted by Crippen LogP contribution is 2.26. The van der Waals surface area contributed by atoms with Crippen LogP contribution in [0.5, 0.6) is 0 Å². The van der Waals surface area contributed by atoms with Gasteiger partial charge in [0, 0.05) is 42.8 Å². The molecule has 0 unspecified atom stereocenters. The third kappa shape index (κ3) is 4.67. The Morgan fingerprint density at radius 3 is 2.59 bits per heavy atom. The molecule has 0 bridgehead atoms. The highest BCUT2D eigenvalue weighted by molar-refractivity contribution is 5.92. The lowest BCUT2D eigenvalue weighted by molar-refractivity contribution is -0.118. The van der Waals surface area contributed by atoms with Gasteiger partial charge >= 0.3 is 6.09 Å². The second-order valence-corrected chi connectivity index (χ2v) is 6.35. The van der Waals surface area contributed by atoms with E-state index >= 15 is 0 Å². The number of aromatic nitrogens is 1. The first-order valence-corrected chi connectivity index (χ1v) is 8.82. The number of carbonyl (C=O) groups is 2. The average molecular weight is 365 g/mol. The summed E-state index contributed by atoms with van der Waals surface area (Å²) in [6.07, 6.45) is 2.32. The van der Waals surface area contributed by atoms with E-state index in [9.17, 15) is 9.59 Å². The van der Waals surface area contributed by atoms with Crippen LogP contribution >= 0.6 is 0 Å². The summed E-state index contributed by atoms with van der Waals surface area (Å²) in [5.74, 6) is -0.0453. The van der Waals surface area contributed by atoms with Crippen LogP contribution < -0.4 is 10.6 Å². The fourth-order valence-corrected chi connectivity index (χ4v) is 3.10. The van der Waals surface area contributed by atoms with Crippen LogP contribution in [-0.2, 0) is 22.5 Å². The summed E-state index contributed by atoms with van der Waals surface area (Å²) in [4.78, 5) is 22.7. The maximum Gasteiger partial charge on any atom is 0.411 e. The van der Waals surface area contributed by atoms with Crippen LogP contribution in [0.3, 0.4) is 0 Å². The molecule has 3 rings (SSSR count). The Kier molecular flexibility index (Phi) is 5.76. The molecule has 2 N–H and O–H groups in total. The van der Waals surface area contributed by atoms with E-state index in [0.29, 0.717) is 18.7 Å². The highest BCUT2D eigenvalue weighted by Gasteiger charge is 2.11. The molecular formula is C21H23N3O3. The summed E-state index contributed by atoms with van der Waals surface area (Å²) < 4.78 is 6.86. The molecular weight excluding hydrogens is 342 g/mol. The second-order valence-electron chi connectivity index (χ2n) is 6.35. The van der Waals surface area contributed by atoms with Crippen LogP contribution in [0.2, 0.25) is 0 Å². The zero-order valence-corrected chi connectivity index (χ0v) is 15.5. The lowest BCUT2D eigenvalue weighted by Crippen LogP contribution is -2.22. The first-order valence-electron chi connectivity index (χ1n) is 8.82. The predicted octanol–water partition coefficient (Wildman–Crippen LogP) is 3.55. The molecule has 140 valence electrons. The molecule has 27 heavy (non-hydrogen) atoms. The number of benzene rings is 2. The number of hydrogen-bond acceptors (Lipinski definition) is 3. The number of amides is 2. The van der Waals surface area contributed by atoms with Crippen molar-refractivity contribution in [2.75, 3.05) is 19.0 Å². The van der Waals surface area contributed by atoms with Crippen molar-refractivity contribution in [2.45, 2.75) is 19.9 Å². The molecule has 0 spiro atoms. The number of nitrogens with zero attached hydrogens (tertiary/aromatic N) is 1. The lowest BCUT2D eigenvalue weighted by atomic mass is 10.1. The number of nitrogens with one attached hydrogen (secondary N) is 2. The van der Waals surface area contributed by atoms with Gasteiger partial charge in [0.05, 0.1) is 7.11 Å². The Labute approximate surface area is 158 Å². The lowest BCUT2D eigenvalue weighted by Gasteiger charge is -2.07. The smallest absolute Gasteiger partial charge is 0.411 e. The van der Waals surface area contributed by atoms with Crippen molar-refractivity contribution >= 4 is 28.6 Å². The minimum atomic E-state index is -0.502. The molecule has 0 saturated carbocycles. The molecule has 0 radical (unpaired) electrons. The van der Waals surface area contributed by atoms with Crippen molar-refractivity contribution < 1.29 is 14.3 Å². The van der Waals surface area contributed by atoms with E-state index in [4.69, 9.17) is 0 Å². The molecule has 0 fully saturated rings. The summed E-state index contributed by atoms with van der Waals surface area (Å²) in [6.45, 7) is 2.83. The molecule has 3 aromatic rings. The Bertz CT molecular complexity index is 948. The van der Waals surface area contributed by atoms with Crippen LogP contribution in [0.15, 0.2) is 54.7 Å². The first-order chi connectivity index (χ1) is 13.1. The van der Waals surface area contributed by atoms with Crippen LogP contribution in [0.4, 0.5) is 10.5 Å². The summed E-state index contributed by atoms with van der Waals surface area (Å²) in [6, 6.07) is 16.0. The van der Waals surface area contributed by atoms with Gasteiger partial charge in [-0.3, -0.25) is 10.1 Å². The standard InChI is InChI=1S/C21H23N3O3/c1-15(25)22-11-10-17-14-24(13-16-6-4-3-5-7-16)20-9-8-18(12-19(17)20)23-21(26)27-2/h3-9,12,14H,10-11,13H2,1-2H3,(H,22,25)(H,23,26). The summed E-state index contributed by atoms with van der Waals surface area (Å²) in [5, 5.41) is 6.59. The number of rotatable bonds is 6. The molecule has 2 amide bonds. The first kappa shape index (κ1) is 18.5. The molecule has 6 heteroatoms. The molecule has 6 nitrogen and oxygen atoms in total. The Morgan fingerprint density at radius 2 is 1.89 bits per heavy atom. The van der Waals surface area contributed by atoms with E-state index in [2.05, 4.69) is 38.3 Å². The van der Waals surface area contributed by atoms with Crippen LogP contribution in [0.25, 0.3) is 10.9 Å². The van der Waals surface area contributed by atoms with Gasteiger partial charge in [-0.1, -0.05) is 30.3 Å². The number of fused-ring (bicyclic) bond motifs is 1. The van der Waals surface area contributed by atoms with Gasteiger partial charge in [0.1, 0.15) is 0 Å². The fourth-order valence-electron chi connectivity index (χ4n) is 3.10. The topological polar surface area (TPSA) is 72.4 Å². The van der Waals surface area contributed by atoms with Gasteiger partial charge < -0.3 is 14.6 Å². The average Bonchev–Trinajstić information content (AvgIpc) is 2.99. The normalized spacial score (nSPS) is 10.6. The van der Waals surface area contributed by atoms with Gasteiger partial charge in [-0.15, -0.1) is 0 Å². The number of ether oxygens (including phenoxy) is 1. The maximum absolute atomic E-state index is 11.5. The number of methoxy groups -OCH3 is 1. The molecule has 0 saturated heterocycles. The molecule has 0 aliphatic carbocycles. The van der Waals surface area contributed by atoms with Crippen LogP contribution in [0.1, 0.15) is 18.1 Å². The SMILES string of the molecule is COC(=O)Nc1ccc2c(c1)c(CCNC(C)=O)cn2Cc1ccccc1. The van der Waals surface area contributed by atoms with Gasteiger partial charge in [-0.05, 0) is 35.7 Å². The Hall–Kier alpha value is -3.28. The van der Waals surface area contributed by atoms with E-state index in [1.54, 1.807) is 0 Å². The van der Waals surface area contributed by atoms with Crippen LogP contribution in [0, 0.1) is 0 Å². The maximum atomic E-state index is 11.5. The van der Waals surface area contributed by atoms with Crippen molar-refractivity contribution in [1.82, 2.24) is 9.88 Å². The van der Waals surface area contributed by atoms with Crippen molar-refractivity contribution in [3.05, 3.63) is 65.9 Å². The molecule has 0 aliphatic rings. The third-order valence-electron chi connectivity index (χ3n) is 4.36. The van der Waals surface area contributed by atoms with Crippen molar-refractivity contribution in [1.29, 1.82) is 0 Å². The van der Waals surface area contributed by atoms with Gasteiger partial charge in [0.25, 0.3) is 0 Å². The van der Waals surface area contributed by atoms with Gasteiger partial charge in [0.15, 0.2) is 0 Å². The molecule has 0 aliphatic heterocycles. The molecule has 1 heterocycles. The summed E-state index contributed by atoms with van der Waals surface area (Å²) >= 11 is 0. The number of anilines is 1. The van der Waals surface area contributed by atoms with Crippen LogP contribution in [-0.4, -0.2) is 30.2 Å². The van der Waals surface area contributed by atoms with Gasteiger partial charge in [-0.25, -0.2) is 4.79 Å². The monoisotopic (exact) mass is 365 g/mol. The summed E-state index contributed by atoms with van der Waals surface area (Å²) in [7, 11) is 1.34. The van der Waals surface area contributed by atoms with E-state index in [1.165, 1.54) is 19.6 Å². The second kappa shape index (κ2) is 8.40. The predicted molar refractivity (Wildman–Crippen MR) is 106 cm³/mol. The quantitative estimate of drug-likeness (QED) is 0.702. The third-order valence-corrected chi connectivity index (χ3v) is 4.36. The summed E-state index contributed by atoms with van der Waals surface area (Å²) in [5.41, 5.74) is 4.07. The Balaban J connectivity index is 1.94. The van der Waals surface area contributed by atoms with E-state index < -0.39 is 6.09 Å². The van der Waals surface area contributed by atoms with Crippen molar-refractivity contribution in [2.24, 2.45) is 0 Å². The van der Waals surface area contributed by atoms with Gasteiger partial charge in [0.2, 0.25) is 5.91 Å². The van der Waals surface area contributed by atoms with E-state index in [-0.39, 0.29) is 5.91 Å². The number of hydrogen-bond donors (Lipinski definition) is 2. The zero-order chi connectivity index (χ0) is 19.2. The molecule has 0 atom stereocenters. The zero-order valence-electron chi connectivity index (χ0n) is 15.5. The fraction of sp³-hybridized carbons (Fsp3) is 0.238. The minimum absolute atomic E-state index is 0.0453. The van der Waals surface area contributed by atoms with Crippen molar-refractivity contribution in [3.63, 3.8) is 0 Å². The number of carbonyl (C=O) groups excluding carboxylic acids is 2. The Morgan fingerprint density at radius 1 is 1.11 bits per heavy atom. The molecule has 1 aromatic heterocycles. The van der Waals surface area contributed by atoms with Crippen molar-refractivity contribution in [3.8, 4) is 0 Å². The largest absolute Gasteiger partial charge is 0.453 e. The van der Waals surface area contributed by atoms with E-state index in [0.717, 1.165) is 23.0 Å². The minimum Gasteiger partial charge on any atom is -0.453 e. The molecule has 2 aromatic carbocycles. The van der Waals surface area contributed by atoms with E-state index in [1.807, 2.05) is 36.4 Å². The van der Waals surface area contributed by atoms with Gasteiger partial charge in [-0.2, -0.15) is 0 Å².